The van der Waals surface area contributed by atoms with Gasteiger partial charge in [0.25, 0.3) is 0 Å². The van der Waals surface area contributed by atoms with Gasteiger partial charge in [0.05, 0.1) is 6.10 Å². The number of aliphatic hydroxyl groups is 1. The topological polar surface area (TPSA) is 23.5 Å². The minimum absolute atomic E-state index is 0.107. The largest absolute Gasteiger partial charge is 0.393 e. The number of fused-ring (bicyclic) bond motifs is 5. The summed E-state index contributed by atoms with van der Waals surface area (Å²) in [5, 5.41) is 10.1. The van der Waals surface area contributed by atoms with E-state index in [1.165, 1.54) is 44.2 Å². The van der Waals surface area contributed by atoms with Gasteiger partial charge in [-0.3, -0.25) is 0 Å². The number of piperidine rings is 1. The van der Waals surface area contributed by atoms with Crippen molar-refractivity contribution >= 4 is 0 Å². The molecule has 0 aromatic carbocycles. The lowest BCUT2D eigenvalue weighted by Gasteiger charge is -2.59. The van der Waals surface area contributed by atoms with E-state index in [2.05, 4.69) is 37.9 Å². The van der Waals surface area contributed by atoms with Crippen LogP contribution in [-0.2, 0) is 0 Å². The van der Waals surface area contributed by atoms with Crippen LogP contribution >= 0.6 is 0 Å². The van der Waals surface area contributed by atoms with E-state index in [-0.39, 0.29) is 6.10 Å². The normalized spacial score (nSPS) is 48.6. The van der Waals surface area contributed by atoms with Crippen LogP contribution in [0.15, 0.2) is 23.3 Å². The highest BCUT2D eigenvalue weighted by Gasteiger charge is 2.53. The Labute approximate surface area is 135 Å². The van der Waals surface area contributed by atoms with Crippen LogP contribution in [0, 0.1) is 17.3 Å². The van der Waals surface area contributed by atoms with E-state index >= 15 is 0 Å². The molecule has 1 heterocycles. The standard InChI is InChI=1S/C20H31NO/c1-19-10-8-15(22)13-14(19)6-7-16-17(19)9-11-20(2)18(16)5-4-12-21(20)3/h6-7,15,17-18,22H,4-5,8-13H2,1-3H3/t15-,17+,18-,19-,20-/m1/s1. The van der Waals surface area contributed by atoms with Gasteiger partial charge in [-0.15, -0.1) is 0 Å². The predicted molar refractivity (Wildman–Crippen MR) is 90.6 cm³/mol. The molecule has 4 aliphatic rings. The molecular weight excluding hydrogens is 270 g/mol. The fourth-order valence-corrected chi connectivity index (χ4v) is 6.09. The molecule has 0 radical (unpaired) electrons. The van der Waals surface area contributed by atoms with E-state index in [0.29, 0.717) is 11.0 Å². The lowest BCUT2D eigenvalue weighted by atomic mass is 9.51. The Morgan fingerprint density at radius 1 is 1.09 bits per heavy atom. The molecule has 22 heavy (non-hydrogen) atoms. The number of likely N-dealkylation sites (tertiary alicyclic amines) is 1. The number of nitrogens with zero attached hydrogens (tertiary/aromatic N) is 1. The molecule has 1 saturated heterocycles. The van der Waals surface area contributed by atoms with Gasteiger partial charge in [0.15, 0.2) is 0 Å². The van der Waals surface area contributed by atoms with Gasteiger partial charge in [0.1, 0.15) is 0 Å². The van der Waals surface area contributed by atoms with Crippen LogP contribution in [0.1, 0.15) is 58.8 Å². The van der Waals surface area contributed by atoms with Gasteiger partial charge in [-0.1, -0.05) is 30.2 Å². The second-order valence-electron chi connectivity index (χ2n) is 8.74. The van der Waals surface area contributed by atoms with Crippen molar-refractivity contribution in [2.45, 2.75) is 70.4 Å². The van der Waals surface area contributed by atoms with E-state index in [0.717, 1.165) is 24.7 Å². The van der Waals surface area contributed by atoms with Gasteiger partial charge in [0.2, 0.25) is 0 Å². The van der Waals surface area contributed by atoms with Crippen LogP contribution in [0.3, 0.4) is 0 Å². The minimum Gasteiger partial charge on any atom is -0.393 e. The number of allylic oxidation sites excluding steroid dienone is 2. The molecule has 3 aliphatic carbocycles. The average molecular weight is 301 g/mol. The third-order valence-electron chi connectivity index (χ3n) is 7.79. The first-order valence-electron chi connectivity index (χ1n) is 9.25. The third kappa shape index (κ3) is 1.93. The predicted octanol–water partition coefficient (Wildman–Crippen LogP) is 3.91. The number of aliphatic hydroxyl groups excluding tert-OH is 1. The Bertz CT molecular complexity index is 536. The van der Waals surface area contributed by atoms with E-state index in [4.69, 9.17) is 0 Å². The van der Waals surface area contributed by atoms with E-state index in [1.54, 1.807) is 5.57 Å². The van der Waals surface area contributed by atoms with Crippen LogP contribution in [0.5, 0.6) is 0 Å². The van der Waals surface area contributed by atoms with Crippen molar-refractivity contribution in [1.29, 1.82) is 0 Å². The summed E-state index contributed by atoms with van der Waals surface area (Å²) in [4.78, 5) is 2.63. The first-order valence-corrected chi connectivity index (χ1v) is 9.25. The Morgan fingerprint density at radius 2 is 1.91 bits per heavy atom. The van der Waals surface area contributed by atoms with Crippen LogP contribution in [0.4, 0.5) is 0 Å². The van der Waals surface area contributed by atoms with Crippen LogP contribution < -0.4 is 0 Å². The zero-order chi connectivity index (χ0) is 15.5. The molecule has 1 aliphatic heterocycles. The fraction of sp³-hybridized carbons (Fsp3) is 0.800. The van der Waals surface area contributed by atoms with Crippen LogP contribution in [0.2, 0.25) is 0 Å². The van der Waals surface area contributed by atoms with E-state index in [9.17, 15) is 5.11 Å². The van der Waals surface area contributed by atoms with E-state index in [1.807, 2.05) is 0 Å². The summed E-state index contributed by atoms with van der Waals surface area (Å²) in [5.74, 6) is 1.47. The smallest absolute Gasteiger partial charge is 0.0578 e. The molecule has 3 fully saturated rings. The lowest BCUT2D eigenvalue weighted by molar-refractivity contribution is -0.00981. The molecule has 2 heteroatoms. The number of rotatable bonds is 0. The van der Waals surface area contributed by atoms with Crippen molar-refractivity contribution in [1.82, 2.24) is 4.90 Å². The minimum atomic E-state index is -0.107. The summed E-state index contributed by atoms with van der Waals surface area (Å²) in [5.41, 5.74) is 3.95. The van der Waals surface area contributed by atoms with Crippen molar-refractivity contribution in [3.63, 3.8) is 0 Å². The molecule has 4 rings (SSSR count). The van der Waals surface area contributed by atoms with Gasteiger partial charge in [0, 0.05) is 5.54 Å². The molecule has 0 bridgehead atoms. The molecule has 2 saturated carbocycles. The van der Waals surface area contributed by atoms with Crippen molar-refractivity contribution in [2.75, 3.05) is 13.6 Å². The summed E-state index contributed by atoms with van der Waals surface area (Å²) in [6.45, 7) is 6.24. The zero-order valence-electron chi connectivity index (χ0n) is 14.4. The summed E-state index contributed by atoms with van der Waals surface area (Å²) in [6, 6.07) is 0. The Balaban J connectivity index is 1.73. The quantitative estimate of drug-likeness (QED) is 0.733. The van der Waals surface area contributed by atoms with Crippen LogP contribution in [-0.4, -0.2) is 35.2 Å². The maximum Gasteiger partial charge on any atom is 0.0578 e. The van der Waals surface area contributed by atoms with Crippen molar-refractivity contribution in [3.8, 4) is 0 Å². The summed E-state index contributed by atoms with van der Waals surface area (Å²) >= 11 is 0. The summed E-state index contributed by atoms with van der Waals surface area (Å²) < 4.78 is 0. The Morgan fingerprint density at radius 3 is 2.73 bits per heavy atom. The third-order valence-corrected chi connectivity index (χ3v) is 7.79. The molecule has 0 unspecified atom stereocenters. The second-order valence-corrected chi connectivity index (χ2v) is 8.74. The maximum atomic E-state index is 10.1. The highest BCUT2D eigenvalue weighted by Crippen LogP contribution is 2.59. The molecule has 1 N–H and O–H groups in total. The van der Waals surface area contributed by atoms with Crippen molar-refractivity contribution in [2.24, 2.45) is 17.3 Å². The van der Waals surface area contributed by atoms with Gasteiger partial charge < -0.3 is 10.0 Å². The number of hydrogen-bond donors (Lipinski definition) is 1. The van der Waals surface area contributed by atoms with Crippen LogP contribution in [0.25, 0.3) is 0 Å². The molecule has 0 amide bonds. The SMILES string of the molecule is CN1CCC[C@@H]2C3=CC=C4C[C@H](O)CC[C@@]4(C)[C@H]3CC[C@]21C. The van der Waals surface area contributed by atoms with Crippen molar-refractivity contribution in [3.05, 3.63) is 23.3 Å². The van der Waals surface area contributed by atoms with Gasteiger partial charge >= 0.3 is 0 Å². The van der Waals surface area contributed by atoms with Gasteiger partial charge in [-0.25, -0.2) is 0 Å². The van der Waals surface area contributed by atoms with E-state index < -0.39 is 0 Å². The first-order chi connectivity index (χ1) is 10.4. The van der Waals surface area contributed by atoms with Crippen molar-refractivity contribution < 1.29 is 5.11 Å². The summed E-state index contributed by atoms with van der Waals surface area (Å²) in [7, 11) is 2.33. The first kappa shape index (κ1) is 15.0. The van der Waals surface area contributed by atoms with Gasteiger partial charge in [-0.05, 0) is 82.7 Å². The highest BCUT2D eigenvalue weighted by molar-refractivity contribution is 5.39. The maximum absolute atomic E-state index is 10.1. The number of hydrogen-bond acceptors (Lipinski definition) is 2. The molecular formula is C20H31NO. The Kier molecular flexibility index (Phi) is 3.36. The monoisotopic (exact) mass is 301 g/mol. The molecule has 122 valence electrons. The second kappa shape index (κ2) is 4.95. The molecule has 0 aromatic rings. The molecule has 2 nitrogen and oxygen atoms in total. The lowest BCUT2D eigenvalue weighted by Crippen LogP contribution is -2.58. The molecule has 0 spiro atoms. The fourth-order valence-electron chi connectivity index (χ4n) is 6.09. The Hall–Kier alpha value is -0.600. The molecule has 5 atom stereocenters. The molecule has 0 aromatic heterocycles. The zero-order valence-corrected chi connectivity index (χ0v) is 14.4. The summed E-state index contributed by atoms with van der Waals surface area (Å²) in [6.07, 6.45) is 13.2. The average Bonchev–Trinajstić information content (AvgIpc) is 2.49. The van der Waals surface area contributed by atoms with Gasteiger partial charge in [-0.2, -0.15) is 0 Å². The highest BCUT2D eigenvalue weighted by atomic mass is 16.3.